The predicted octanol–water partition coefficient (Wildman–Crippen LogP) is 0.144. The zero-order chi connectivity index (χ0) is 8.97. The molecule has 0 saturated carbocycles. The highest BCUT2D eigenvalue weighted by atomic mass is 35.5. The van der Waals surface area contributed by atoms with E-state index in [4.69, 9.17) is 5.73 Å². The van der Waals surface area contributed by atoms with Gasteiger partial charge in [-0.3, -0.25) is 0 Å². The molecule has 13 heavy (non-hydrogen) atoms. The third-order valence-corrected chi connectivity index (χ3v) is 1.31. The number of nitrogens with zero attached hydrogens (tertiary/aromatic N) is 2. The van der Waals surface area contributed by atoms with Crippen LogP contribution in [0.2, 0.25) is 0 Å². The normalized spacial score (nSPS) is 8.77. The summed E-state index contributed by atoms with van der Waals surface area (Å²) < 4.78 is 4.46. The van der Waals surface area contributed by atoms with Gasteiger partial charge in [0, 0.05) is 12.4 Å². The van der Waals surface area contributed by atoms with Crippen molar-refractivity contribution in [1.29, 1.82) is 0 Å². The van der Waals surface area contributed by atoms with E-state index in [0.717, 1.165) is 0 Å². The van der Waals surface area contributed by atoms with E-state index in [9.17, 15) is 4.79 Å². The van der Waals surface area contributed by atoms with Crippen LogP contribution in [0.4, 0.5) is 0 Å². The number of halogens is 1. The summed E-state index contributed by atoms with van der Waals surface area (Å²) in [6.45, 7) is 0.265. The molecule has 0 saturated heterocycles. The van der Waals surface area contributed by atoms with Crippen LogP contribution in [0.15, 0.2) is 12.4 Å². The molecule has 0 aliphatic rings. The lowest BCUT2D eigenvalue weighted by atomic mass is 10.3. The number of hydrogen-bond acceptors (Lipinski definition) is 5. The van der Waals surface area contributed by atoms with Crippen LogP contribution >= 0.6 is 12.4 Å². The number of methoxy groups -OCH3 is 1. The van der Waals surface area contributed by atoms with Crippen molar-refractivity contribution in [3.63, 3.8) is 0 Å². The SMILES string of the molecule is COC(=O)c1cnc(CN)nc1.Cl. The Hall–Kier alpha value is -1.20. The predicted molar refractivity (Wildman–Crippen MR) is 48.5 cm³/mol. The summed E-state index contributed by atoms with van der Waals surface area (Å²) in [5.74, 6) is 0.0567. The molecule has 0 amide bonds. The van der Waals surface area contributed by atoms with Crippen molar-refractivity contribution in [2.24, 2.45) is 5.73 Å². The molecule has 0 fully saturated rings. The Labute approximate surface area is 81.7 Å². The molecule has 0 unspecified atom stereocenters. The van der Waals surface area contributed by atoms with Crippen LogP contribution in [0.3, 0.4) is 0 Å². The lowest BCUT2D eigenvalue weighted by Gasteiger charge is -1.98. The van der Waals surface area contributed by atoms with E-state index >= 15 is 0 Å². The lowest BCUT2D eigenvalue weighted by Crippen LogP contribution is -2.07. The molecule has 0 spiro atoms. The van der Waals surface area contributed by atoms with Crippen LogP contribution in [-0.2, 0) is 11.3 Å². The summed E-state index contributed by atoms with van der Waals surface area (Å²) in [6.07, 6.45) is 2.78. The van der Waals surface area contributed by atoms with Gasteiger partial charge in [0.15, 0.2) is 0 Å². The molecule has 5 nitrogen and oxygen atoms in total. The van der Waals surface area contributed by atoms with E-state index in [-0.39, 0.29) is 19.0 Å². The van der Waals surface area contributed by atoms with E-state index in [1.807, 2.05) is 0 Å². The molecule has 0 aromatic carbocycles. The number of nitrogens with two attached hydrogens (primary N) is 1. The quantitative estimate of drug-likeness (QED) is 0.692. The van der Waals surface area contributed by atoms with Crippen LogP contribution in [0, 0.1) is 0 Å². The van der Waals surface area contributed by atoms with E-state index in [2.05, 4.69) is 14.7 Å². The minimum Gasteiger partial charge on any atom is -0.465 e. The smallest absolute Gasteiger partial charge is 0.341 e. The maximum Gasteiger partial charge on any atom is 0.341 e. The van der Waals surface area contributed by atoms with Crippen molar-refractivity contribution in [2.45, 2.75) is 6.54 Å². The third kappa shape index (κ3) is 2.96. The summed E-state index contributed by atoms with van der Waals surface area (Å²) in [5, 5.41) is 0. The van der Waals surface area contributed by atoms with Gasteiger partial charge in [0.2, 0.25) is 0 Å². The second kappa shape index (κ2) is 5.45. The van der Waals surface area contributed by atoms with Crippen LogP contribution in [0.1, 0.15) is 16.2 Å². The minimum absolute atomic E-state index is 0. The molecular weight excluding hydrogens is 194 g/mol. The molecule has 6 heteroatoms. The molecule has 2 N–H and O–H groups in total. The number of carbonyl (C=O) groups is 1. The molecule has 0 radical (unpaired) electrons. The van der Waals surface area contributed by atoms with E-state index < -0.39 is 5.97 Å². The molecule has 1 aromatic rings. The largest absolute Gasteiger partial charge is 0.465 e. The van der Waals surface area contributed by atoms with Crippen LogP contribution in [0.5, 0.6) is 0 Å². The van der Waals surface area contributed by atoms with Crippen molar-refractivity contribution in [3.8, 4) is 0 Å². The third-order valence-electron chi connectivity index (χ3n) is 1.31. The molecule has 1 heterocycles. The number of esters is 1. The van der Waals surface area contributed by atoms with Gasteiger partial charge in [-0.1, -0.05) is 0 Å². The molecule has 72 valence electrons. The van der Waals surface area contributed by atoms with Gasteiger partial charge in [0.25, 0.3) is 0 Å². The van der Waals surface area contributed by atoms with Gasteiger partial charge < -0.3 is 10.5 Å². The first-order valence-electron chi connectivity index (χ1n) is 3.37. The van der Waals surface area contributed by atoms with E-state index in [1.54, 1.807) is 0 Å². The fraction of sp³-hybridized carbons (Fsp3) is 0.286. The average Bonchev–Trinajstić information content (AvgIpc) is 2.17. The van der Waals surface area contributed by atoms with Gasteiger partial charge in [-0.05, 0) is 0 Å². The summed E-state index contributed by atoms with van der Waals surface area (Å²) in [6, 6.07) is 0. The standard InChI is InChI=1S/C7H9N3O2.ClH/c1-12-7(11)5-3-9-6(2-8)10-4-5;/h3-4H,2,8H2,1H3;1H. The van der Waals surface area contributed by atoms with Gasteiger partial charge in [0.1, 0.15) is 5.82 Å². The number of hydrogen-bond donors (Lipinski definition) is 1. The van der Waals surface area contributed by atoms with Gasteiger partial charge in [-0.25, -0.2) is 14.8 Å². The number of aromatic nitrogens is 2. The highest BCUT2D eigenvalue weighted by molar-refractivity contribution is 5.88. The number of carbonyl (C=O) groups excluding carboxylic acids is 1. The first-order chi connectivity index (χ1) is 5.77. The fourth-order valence-electron chi connectivity index (χ4n) is 0.683. The summed E-state index contributed by atoms with van der Waals surface area (Å²) >= 11 is 0. The van der Waals surface area contributed by atoms with Crippen LogP contribution in [0.25, 0.3) is 0 Å². The molecule has 0 atom stereocenters. The molecule has 0 aliphatic heterocycles. The zero-order valence-corrected chi connectivity index (χ0v) is 7.87. The van der Waals surface area contributed by atoms with Crippen molar-refractivity contribution >= 4 is 18.4 Å². The minimum atomic E-state index is -0.446. The first kappa shape index (κ1) is 11.8. The van der Waals surface area contributed by atoms with E-state index in [0.29, 0.717) is 11.4 Å². The highest BCUT2D eigenvalue weighted by Gasteiger charge is 2.05. The average molecular weight is 204 g/mol. The van der Waals surface area contributed by atoms with Crippen LogP contribution < -0.4 is 5.73 Å². The monoisotopic (exact) mass is 203 g/mol. The van der Waals surface area contributed by atoms with Gasteiger partial charge in [0.05, 0.1) is 19.2 Å². The van der Waals surface area contributed by atoms with Crippen molar-refractivity contribution in [2.75, 3.05) is 7.11 Å². The Kier molecular flexibility index (Phi) is 4.94. The Morgan fingerprint density at radius 1 is 1.54 bits per heavy atom. The molecule has 0 aliphatic carbocycles. The van der Waals surface area contributed by atoms with Gasteiger partial charge in [-0.15, -0.1) is 12.4 Å². The highest BCUT2D eigenvalue weighted by Crippen LogP contribution is 1.97. The molecule has 1 rings (SSSR count). The summed E-state index contributed by atoms with van der Waals surface area (Å²) in [7, 11) is 1.30. The van der Waals surface area contributed by atoms with Gasteiger partial charge in [-0.2, -0.15) is 0 Å². The summed E-state index contributed by atoms with van der Waals surface area (Å²) in [4.78, 5) is 18.5. The second-order valence-electron chi connectivity index (χ2n) is 2.08. The molecular formula is C7H10ClN3O2. The zero-order valence-electron chi connectivity index (χ0n) is 7.06. The van der Waals surface area contributed by atoms with Crippen molar-refractivity contribution < 1.29 is 9.53 Å². The lowest BCUT2D eigenvalue weighted by molar-refractivity contribution is 0.0599. The topological polar surface area (TPSA) is 78.1 Å². The van der Waals surface area contributed by atoms with Gasteiger partial charge >= 0.3 is 5.97 Å². The van der Waals surface area contributed by atoms with E-state index in [1.165, 1.54) is 19.5 Å². The Morgan fingerprint density at radius 2 is 2.08 bits per heavy atom. The molecule has 1 aromatic heterocycles. The van der Waals surface area contributed by atoms with Crippen LogP contribution in [-0.4, -0.2) is 23.0 Å². The van der Waals surface area contributed by atoms with Crippen molar-refractivity contribution in [3.05, 3.63) is 23.8 Å². The second-order valence-corrected chi connectivity index (χ2v) is 2.08. The fourth-order valence-corrected chi connectivity index (χ4v) is 0.683. The number of rotatable bonds is 2. The Balaban J connectivity index is 0.00000144. The molecule has 0 bridgehead atoms. The maximum atomic E-state index is 10.9. The first-order valence-corrected chi connectivity index (χ1v) is 3.37. The summed E-state index contributed by atoms with van der Waals surface area (Å²) in [5.41, 5.74) is 5.60. The maximum absolute atomic E-state index is 10.9. The number of ether oxygens (including phenoxy) is 1. The van der Waals surface area contributed by atoms with Crippen molar-refractivity contribution in [1.82, 2.24) is 9.97 Å². The Bertz CT molecular complexity index is 276. The Morgan fingerprint density at radius 3 is 2.46 bits per heavy atom.